The minimum atomic E-state index is -6.11. The molecule has 0 spiro atoms. The van der Waals surface area contributed by atoms with Crippen molar-refractivity contribution in [2.45, 2.75) is 88.8 Å². The number of hydrogen-bond acceptors (Lipinski definition) is 5. The van der Waals surface area contributed by atoms with E-state index in [1.54, 1.807) is 0 Å². The van der Waals surface area contributed by atoms with Crippen LogP contribution in [0.3, 0.4) is 0 Å². The third-order valence-electron chi connectivity index (χ3n) is 3.20. The minimum Gasteiger partial charge on any atom is -0.288 e. The molecule has 0 amide bonds. The Morgan fingerprint density at radius 3 is 0.608 bits per heavy atom. The summed E-state index contributed by atoms with van der Waals surface area (Å²) in [6.07, 6.45) is -35.2. The zero-order valence-corrected chi connectivity index (χ0v) is 42.9. The second-order valence-electron chi connectivity index (χ2n) is 8.45. The summed E-state index contributed by atoms with van der Waals surface area (Å²) in [5.41, 5.74) is 0. The molecule has 0 saturated heterocycles. The van der Waals surface area contributed by atoms with Crippen LogP contribution < -0.4 is 0 Å². The zero-order valence-electron chi connectivity index (χ0n) is 42.9. The van der Waals surface area contributed by atoms with Crippen molar-refractivity contribution >= 4 is 0 Å². The highest BCUT2D eigenvalue weighted by molar-refractivity contribution is 4.91. The van der Waals surface area contributed by atoms with Crippen molar-refractivity contribution in [3.8, 4) is 0 Å². The maximum atomic E-state index is 12.1. The van der Waals surface area contributed by atoms with Crippen LogP contribution in [0.1, 0.15) is 34.1 Å². The third kappa shape index (κ3) is 123. The molecule has 0 heterocycles. The van der Waals surface area contributed by atoms with Crippen molar-refractivity contribution < 1.29 is 200 Å². The molecular formula is C34H62F40O5. The normalized spacial score (nSPS) is 10.2. The SMILES string of the molecule is CCF.CCF.CCF.CCF.CF.CF.CF.CF.CF.CF.CF.CF.FCC(F)(F)OC(F)(F)CF.FCC(F)(F)OF.FCOC(F)(F)C(F)(F)C(F)(F)CF.FCOC(F)(F)CC(F)(F)F.FCOC(F)(F)CF. The second-order valence-corrected chi connectivity index (χ2v) is 8.45. The van der Waals surface area contributed by atoms with Crippen LogP contribution >= 0.6 is 0 Å². The fraction of sp³-hybridized carbons (Fsp3) is 1.00. The monoisotopic (exact) mass is 1310 g/mol. The van der Waals surface area contributed by atoms with Gasteiger partial charge >= 0.3 is 54.7 Å². The van der Waals surface area contributed by atoms with E-state index in [4.69, 9.17) is 0 Å². The van der Waals surface area contributed by atoms with E-state index >= 15 is 0 Å². The van der Waals surface area contributed by atoms with Crippen LogP contribution in [-0.4, -0.2) is 193 Å². The van der Waals surface area contributed by atoms with Crippen LogP contribution in [0.15, 0.2) is 0 Å². The molecule has 0 radical (unpaired) electrons. The van der Waals surface area contributed by atoms with Gasteiger partial charge in [-0.05, 0) is 32.2 Å². The van der Waals surface area contributed by atoms with Crippen molar-refractivity contribution in [3.05, 3.63) is 0 Å². The molecule has 508 valence electrons. The summed E-state index contributed by atoms with van der Waals surface area (Å²) in [6, 6.07) is 0. The van der Waals surface area contributed by atoms with Gasteiger partial charge in [0, 0.05) is 0 Å². The highest BCUT2D eigenvalue weighted by Gasteiger charge is 2.73. The lowest BCUT2D eigenvalue weighted by molar-refractivity contribution is -0.405. The van der Waals surface area contributed by atoms with Crippen molar-refractivity contribution in [2.75, 3.05) is 138 Å². The zero-order chi connectivity index (χ0) is 69.2. The molecule has 0 aliphatic rings. The van der Waals surface area contributed by atoms with Gasteiger partial charge in [0.15, 0.2) is 54.0 Å². The topological polar surface area (TPSA) is 46.2 Å². The molecule has 45 heteroatoms. The Morgan fingerprint density at radius 1 is 0.278 bits per heavy atom. The fourth-order valence-corrected chi connectivity index (χ4v) is 1.23. The highest BCUT2D eigenvalue weighted by Crippen LogP contribution is 2.46. The van der Waals surface area contributed by atoms with Gasteiger partial charge in [0.1, 0.15) is 6.42 Å². The van der Waals surface area contributed by atoms with Gasteiger partial charge in [0.2, 0.25) is 0 Å². The number of rotatable bonds is 17. The Kier molecular flexibility index (Phi) is 134. The van der Waals surface area contributed by atoms with Crippen LogP contribution in [0, 0.1) is 0 Å². The Hall–Kier alpha value is -3.00. The summed E-state index contributed by atoms with van der Waals surface area (Å²) in [5.74, 6) is -11.7. The lowest BCUT2D eigenvalue weighted by Crippen LogP contribution is -2.56. The first-order valence-corrected chi connectivity index (χ1v) is 17.9. The minimum absolute atomic E-state index is 0.250. The molecule has 79 heavy (non-hydrogen) atoms. The van der Waals surface area contributed by atoms with Crippen LogP contribution in [0.5, 0.6) is 0 Å². The molecule has 0 atom stereocenters. The highest BCUT2D eigenvalue weighted by atomic mass is 19.4. The van der Waals surface area contributed by atoms with Crippen molar-refractivity contribution in [1.82, 2.24) is 0 Å². The van der Waals surface area contributed by atoms with Crippen LogP contribution in [0.2, 0.25) is 0 Å². The van der Waals surface area contributed by atoms with E-state index in [2.05, 4.69) is 18.9 Å². The molecule has 0 saturated carbocycles. The number of hydrogen-bond donors (Lipinski definition) is 0. The summed E-state index contributed by atoms with van der Waals surface area (Å²) >= 11 is 0. The molecule has 5 nitrogen and oxygen atoms in total. The maximum Gasteiger partial charge on any atom is 0.428 e. The van der Waals surface area contributed by atoms with E-state index < -0.39 is 115 Å². The lowest BCUT2D eigenvalue weighted by Gasteiger charge is -2.29. The van der Waals surface area contributed by atoms with Gasteiger partial charge in [-0.15, -0.1) is 4.94 Å². The van der Waals surface area contributed by atoms with E-state index in [0.29, 0.717) is 57.4 Å². The van der Waals surface area contributed by atoms with Gasteiger partial charge in [-0.25, -0.2) is 35.1 Å². The molecule has 0 aromatic carbocycles. The number of halogens is 40. The summed E-state index contributed by atoms with van der Waals surface area (Å²) in [6.45, 7) is -13.1. The molecule has 0 bridgehead atoms. The first-order chi connectivity index (χ1) is 36.1. The van der Waals surface area contributed by atoms with Crippen molar-refractivity contribution in [1.29, 1.82) is 0 Å². The predicted octanol–water partition coefficient (Wildman–Crippen LogP) is 18.9. The molecule has 0 unspecified atom stereocenters. The molecule has 0 rings (SSSR count). The summed E-state index contributed by atoms with van der Waals surface area (Å²) in [7, 11) is 4.00. The van der Waals surface area contributed by atoms with E-state index in [0.717, 1.165) is 0 Å². The number of alkyl halides is 39. The largest absolute Gasteiger partial charge is 0.428 e. The molecule has 0 aliphatic carbocycles. The van der Waals surface area contributed by atoms with E-state index in [-0.39, 0.29) is 26.7 Å². The third-order valence-corrected chi connectivity index (χ3v) is 3.20. The van der Waals surface area contributed by atoms with Gasteiger partial charge in [0.25, 0.3) is 0 Å². The van der Waals surface area contributed by atoms with Crippen LogP contribution in [0.25, 0.3) is 0 Å². The first kappa shape index (κ1) is 123. The molecule has 0 N–H and O–H groups in total. The number of ether oxygens (including phenoxy) is 4. The second kappa shape index (κ2) is 86.3. The summed E-state index contributed by atoms with van der Waals surface area (Å²) in [5, 5.41) is 0. The van der Waals surface area contributed by atoms with Crippen LogP contribution in [0.4, 0.5) is 176 Å². The Morgan fingerprint density at radius 2 is 0.481 bits per heavy atom. The smallest absolute Gasteiger partial charge is 0.288 e. The Bertz CT molecular complexity index is 919. The van der Waals surface area contributed by atoms with Gasteiger partial charge < -0.3 is 0 Å². The van der Waals surface area contributed by atoms with Crippen LogP contribution in [-0.2, 0) is 23.9 Å². The van der Waals surface area contributed by atoms with Gasteiger partial charge in [-0.3, -0.25) is 71.6 Å². The van der Waals surface area contributed by atoms with Gasteiger partial charge in [0.05, 0.1) is 84.1 Å². The molecular weight excluding hydrogens is 1250 g/mol. The van der Waals surface area contributed by atoms with E-state index in [9.17, 15) is 176 Å². The Labute approximate surface area is 427 Å². The van der Waals surface area contributed by atoms with Crippen molar-refractivity contribution in [2.24, 2.45) is 0 Å². The van der Waals surface area contributed by atoms with Gasteiger partial charge in [-0.1, -0.05) is 0 Å². The molecule has 0 aromatic heterocycles. The maximum absolute atomic E-state index is 12.1. The van der Waals surface area contributed by atoms with Gasteiger partial charge in [-0.2, -0.15) is 83.4 Å². The average Bonchev–Trinajstić information content (AvgIpc) is 3.39. The standard InChI is InChI=1S/C5H4F8O.2C4H4F6O.C3H4F4O.C2H2F4O.4C2H5F.8CH3F/c6-1-3(8,9)4(10,11)5(12,13)14-2-7;5-1-3(7,8)11-4(9,10)2-6;5-2-11-4(9,10)1-3(6,7)8;4-1-3(6,7)8-2-5;3-1-2(4,5)7-6;4*1-2-3;8*1-2/h1-2H2;2*1-2H2;1-2H2;1H2;4*2H2,1H3;8*1H3. The predicted molar refractivity (Wildman–Crippen MR) is 207 cm³/mol. The van der Waals surface area contributed by atoms with E-state index in [1.165, 1.54) is 27.7 Å². The molecule has 0 aromatic rings. The molecule has 0 fully saturated rings. The Balaban J connectivity index is -0.0000000366. The first-order valence-electron chi connectivity index (χ1n) is 17.9. The summed E-state index contributed by atoms with van der Waals surface area (Å²) < 4.78 is 446. The van der Waals surface area contributed by atoms with Crippen molar-refractivity contribution in [3.63, 3.8) is 0 Å². The molecule has 0 aliphatic heterocycles. The summed E-state index contributed by atoms with van der Waals surface area (Å²) in [4.78, 5) is 1.88. The average molecular weight is 1310 g/mol. The fourth-order valence-electron chi connectivity index (χ4n) is 1.23. The quantitative estimate of drug-likeness (QED) is 0.136. The lowest BCUT2D eigenvalue weighted by atomic mass is 10.2. The van der Waals surface area contributed by atoms with E-state index in [1.807, 2.05) is 4.94 Å².